The highest BCUT2D eigenvalue weighted by Crippen LogP contribution is 2.31. The number of ether oxygens (including phenoxy) is 2. The van der Waals surface area contributed by atoms with E-state index in [9.17, 15) is 9.18 Å². The first-order chi connectivity index (χ1) is 13.1. The number of H-pyrrole nitrogens is 1. The number of nitrogens with one attached hydrogen (secondary N) is 2. The van der Waals surface area contributed by atoms with E-state index >= 15 is 0 Å². The normalized spacial score (nSPS) is 10.5. The molecular formula is C19H19FN4O3. The number of carbonyl (C=O) groups is 1. The second-order valence-corrected chi connectivity index (χ2v) is 5.75. The Hall–Kier alpha value is -3.42. The lowest BCUT2D eigenvalue weighted by Crippen LogP contribution is -2.13. The molecule has 0 radical (unpaired) electrons. The lowest BCUT2D eigenvalue weighted by molar-refractivity contribution is -0.116. The molecule has 0 aliphatic carbocycles. The Morgan fingerprint density at radius 2 is 2.04 bits per heavy atom. The lowest BCUT2D eigenvalue weighted by atomic mass is 10.1. The number of benzene rings is 2. The Labute approximate surface area is 155 Å². The van der Waals surface area contributed by atoms with Gasteiger partial charge in [-0.05, 0) is 36.2 Å². The molecule has 0 saturated heterocycles. The fraction of sp³-hybridized carbons (Fsp3) is 0.211. The third-order valence-electron chi connectivity index (χ3n) is 3.93. The van der Waals surface area contributed by atoms with Crippen LogP contribution in [0, 0.1) is 5.82 Å². The third-order valence-corrected chi connectivity index (χ3v) is 3.93. The summed E-state index contributed by atoms with van der Waals surface area (Å²) in [5.74, 6) is 1.25. The molecule has 0 spiro atoms. The molecule has 7 nitrogen and oxygen atoms in total. The van der Waals surface area contributed by atoms with Crippen molar-refractivity contribution < 1.29 is 18.7 Å². The van der Waals surface area contributed by atoms with Gasteiger partial charge < -0.3 is 9.47 Å². The van der Waals surface area contributed by atoms with Crippen LogP contribution < -0.4 is 14.8 Å². The number of halogens is 1. The molecule has 140 valence electrons. The predicted molar refractivity (Wildman–Crippen MR) is 98.3 cm³/mol. The maximum atomic E-state index is 13.2. The van der Waals surface area contributed by atoms with Gasteiger partial charge in [0.05, 0.1) is 19.8 Å². The SMILES string of the molecule is COc1ccc(-c2nc(NC(=O)CCc3cccc(F)c3)n[nH]2)c(OC)c1. The largest absolute Gasteiger partial charge is 0.497 e. The molecule has 0 bridgehead atoms. The zero-order valence-electron chi connectivity index (χ0n) is 15.0. The first kappa shape index (κ1) is 18.4. The molecule has 0 saturated carbocycles. The van der Waals surface area contributed by atoms with Gasteiger partial charge in [0.1, 0.15) is 17.3 Å². The molecule has 0 atom stereocenters. The topological polar surface area (TPSA) is 89.1 Å². The van der Waals surface area contributed by atoms with Gasteiger partial charge in [-0.25, -0.2) is 4.39 Å². The Morgan fingerprint density at radius 3 is 2.78 bits per heavy atom. The molecule has 2 N–H and O–H groups in total. The highest BCUT2D eigenvalue weighted by molar-refractivity contribution is 5.89. The summed E-state index contributed by atoms with van der Waals surface area (Å²) < 4.78 is 23.7. The monoisotopic (exact) mass is 370 g/mol. The van der Waals surface area contributed by atoms with Crippen LogP contribution in [0.25, 0.3) is 11.4 Å². The summed E-state index contributed by atoms with van der Waals surface area (Å²) >= 11 is 0. The van der Waals surface area contributed by atoms with Crippen molar-refractivity contribution in [2.45, 2.75) is 12.8 Å². The Bertz CT molecular complexity index is 942. The number of anilines is 1. The van der Waals surface area contributed by atoms with E-state index in [1.807, 2.05) is 0 Å². The van der Waals surface area contributed by atoms with Crippen LogP contribution >= 0.6 is 0 Å². The second-order valence-electron chi connectivity index (χ2n) is 5.75. The molecule has 1 aromatic heterocycles. The number of methoxy groups -OCH3 is 2. The second kappa shape index (κ2) is 8.31. The number of nitrogens with zero attached hydrogens (tertiary/aromatic N) is 2. The van der Waals surface area contributed by atoms with E-state index in [-0.39, 0.29) is 24.1 Å². The summed E-state index contributed by atoms with van der Waals surface area (Å²) in [6, 6.07) is 11.5. The molecule has 0 aliphatic heterocycles. The quantitative estimate of drug-likeness (QED) is 0.667. The molecule has 0 aliphatic rings. The highest BCUT2D eigenvalue weighted by atomic mass is 19.1. The zero-order chi connectivity index (χ0) is 19.2. The number of rotatable bonds is 7. The van der Waals surface area contributed by atoms with Crippen LogP contribution in [0.3, 0.4) is 0 Å². The van der Waals surface area contributed by atoms with Gasteiger partial charge in [0.2, 0.25) is 11.9 Å². The van der Waals surface area contributed by atoms with Crippen LogP contribution in [-0.2, 0) is 11.2 Å². The van der Waals surface area contributed by atoms with E-state index in [4.69, 9.17) is 9.47 Å². The lowest BCUT2D eigenvalue weighted by Gasteiger charge is -2.07. The average Bonchev–Trinajstić information content (AvgIpc) is 3.14. The summed E-state index contributed by atoms with van der Waals surface area (Å²) in [4.78, 5) is 16.4. The number of carbonyl (C=O) groups excluding carboxylic acids is 1. The number of aryl methyl sites for hydroxylation is 1. The van der Waals surface area contributed by atoms with Crippen LogP contribution in [0.1, 0.15) is 12.0 Å². The standard InChI is InChI=1S/C19H19FN4O3/c1-26-14-7-8-15(16(11-14)27-2)18-22-19(24-23-18)21-17(25)9-6-12-4-3-5-13(20)10-12/h3-5,7-8,10-11H,6,9H2,1-2H3,(H2,21,22,23,24,25). The van der Waals surface area contributed by atoms with Crippen LogP contribution in [0.5, 0.6) is 11.5 Å². The number of amides is 1. The van der Waals surface area contributed by atoms with Gasteiger partial charge in [0, 0.05) is 12.5 Å². The van der Waals surface area contributed by atoms with E-state index in [1.165, 1.54) is 12.1 Å². The van der Waals surface area contributed by atoms with Gasteiger partial charge in [-0.3, -0.25) is 15.2 Å². The van der Waals surface area contributed by atoms with Gasteiger partial charge in [0.25, 0.3) is 0 Å². The number of hydrogen-bond acceptors (Lipinski definition) is 5. The van der Waals surface area contributed by atoms with Gasteiger partial charge in [-0.2, -0.15) is 4.98 Å². The fourth-order valence-electron chi connectivity index (χ4n) is 2.57. The summed E-state index contributed by atoms with van der Waals surface area (Å²) in [5, 5.41) is 9.40. The summed E-state index contributed by atoms with van der Waals surface area (Å²) in [6.07, 6.45) is 0.617. The Balaban J connectivity index is 1.65. The number of aromatic amines is 1. The summed E-state index contributed by atoms with van der Waals surface area (Å²) in [5.41, 5.74) is 1.44. The molecule has 1 amide bonds. The molecule has 27 heavy (non-hydrogen) atoms. The highest BCUT2D eigenvalue weighted by Gasteiger charge is 2.13. The van der Waals surface area contributed by atoms with Gasteiger partial charge >= 0.3 is 0 Å². The smallest absolute Gasteiger partial charge is 0.249 e. The van der Waals surface area contributed by atoms with Crippen LogP contribution in [0.2, 0.25) is 0 Å². The van der Waals surface area contributed by atoms with Gasteiger partial charge in [-0.15, -0.1) is 5.10 Å². The van der Waals surface area contributed by atoms with Crippen LogP contribution in [-0.4, -0.2) is 35.3 Å². The molecule has 0 unspecified atom stereocenters. The van der Waals surface area contributed by atoms with Crippen molar-refractivity contribution in [2.75, 3.05) is 19.5 Å². The molecule has 2 aromatic carbocycles. The number of aromatic nitrogens is 3. The first-order valence-electron chi connectivity index (χ1n) is 8.28. The van der Waals surface area contributed by atoms with Crippen molar-refractivity contribution in [3.8, 4) is 22.9 Å². The van der Waals surface area contributed by atoms with E-state index in [2.05, 4.69) is 20.5 Å². The zero-order valence-corrected chi connectivity index (χ0v) is 15.0. The van der Waals surface area contributed by atoms with E-state index in [0.29, 0.717) is 29.3 Å². The van der Waals surface area contributed by atoms with Crippen molar-refractivity contribution in [2.24, 2.45) is 0 Å². The minimum atomic E-state index is -0.319. The molecular weight excluding hydrogens is 351 g/mol. The number of hydrogen-bond donors (Lipinski definition) is 2. The van der Waals surface area contributed by atoms with Gasteiger partial charge in [0.15, 0.2) is 5.82 Å². The molecule has 1 heterocycles. The van der Waals surface area contributed by atoms with Crippen molar-refractivity contribution in [1.82, 2.24) is 15.2 Å². The maximum Gasteiger partial charge on any atom is 0.249 e. The third kappa shape index (κ3) is 4.60. The molecule has 3 rings (SSSR count). The maximum absolute atomic E-state index is 13.2. The molecule has 3 aromatic rings. The summed E-state index contributed by atoms with van der Waals surface area (Å²) in [6.45, 7) is 0. The van der Waals surface area contributed by atoms with E-state index in [1.54, 1.807) is 44.6 Å². The molecule has 8 heteroatoms. The van der Waals surface area contributed by atoms with Crippen LogP contribution in [0.15, 0.2) is 42.5 Å². The van der Waals surface area contributed by atoms with Crippen molar-refractivity contribution in [3.05, 3.63) is 53.8 Å². The minimum Gasteiger partial charge on any atom is -0.497 e. The molecule has 0 fully saturated rings. The summed E-state index contributed by atoms with van der Waals surface area (Å²) in [7, 11) is 3.12. The predicted octanol–water partition coefficient (Wildman–Crippen LogP) is 3.20. The average molecular weight is 370 g/mol. The fourth-order valence-corrected chi connectivity index (χ4v) is 2.57. The minimum absolute atomic E-state index is 0.159. The van der Waals surface area contributed by atoms with E-state index < -0.39 is 0 Å². The Morgan fingerprint density at radius 1 is 1.19 bits per heavy atom. The van der Waals surface area contributed by atoms with E-state index in [0.717, 1.165) is 5.56 Å². The Kier molecular flexibility index (Phi) is 5.65. The van der Waals surface area contributed by atoms with Crippen molar-refractivity contribution in [1.29, 1.82) is 0 Å². The van der Waals surface area contributed by atoms with Gasteiger partial charge in [-0.1, -0.05) is 12.1 Å². The first-order valence-corrected chi connectivity index (χ1v) is 8.28. The van der Waals surface area contributed by atoms with Crippen molar-refractivity contribution >= 4 is 11.9 Å². The van der Waals surface area contributed by atoms with Crippen molar-refractivity contribution in [3.63, 3.8) is 0 Å². The van der Waals surface area contributed by atoms with Crippen LogP contribution in [0.4, 0.5) is 10.3 Å².